The molecule has 0 radical (unpaired) electrons. The Bertz CT molecular complexity index is 3920. The second kappa shape index (κ2) is 20.4. The lowest BCUT2D eigenvalue weighted by Crippen LogP contribution is -2.28. The molecule has 2 aromatic carbocycles. The van der Waals surface area contributed by atoms with Crippen molar-refractivity contribution in [2.45, 2.75) is 61.4 Å². The van der Waals surface area contributed by atoms with Crippen LogP contribution < -0.4 is 0 Å². The van der Waals surface area contributed by atoms with E-state index in [1.54, 1.807) is 45.0 Å². The van der Waals surface area contributed by atoms with E-state index in [0.717, 1.165) is 24.6 Å². The van der Waals surface area contributed by atoms with Crippen molar-refractivity contribution in [3.63, 3.8) is 0 Å². The number of aromatic nitrogens is 12. The van der Waals surface area contributed by atoms with Crippen molar-refractivity contribution in [1.82, 2.24) is 59.1 Å². The summed E-state index contributed by atoms with van der Waals surface area (Å²) in [5, 5.41) is 16.6. The standard InChI is InChI=1S/2C27H26F2N6O3S/c2*1-15-25(34(2)33-32-15)17-13-20-24(31-14-17)22-18(28)6-7-21(39(3,36)37)27(22)35(20)26(16-8-11-38-12-9-16)23-19(29)5-4-10-30-23/h2*4-7,10,13-14,16,26H,8-9,11-12H2,1-3H3. The number of pyridine rings is 4. The number of sulfone groups is 2. The second-order valence-corrected chi connectivity index (χ2v) is 23.8. The second-order valence-electron chi connectivity index (χ2n) is 19.8. The fraction of sp³-hybridized carbons (Fsp3) is 0.333. The van der Waals surface area contributed by atoms with E-state index in [-0.39, 0.29) is 65.9 Å². The SMILES string of the molecule is Cc1nnn(C)c1-c1cnc2c3c(F)ccc(S(C)(=O)=O)c3n(C(c3ncccc3F)C3CCOCC3)c2c1.Cc1nnn(C)c1-c1cnc2c3c(F)ccc(S(C)(=O)=O)c3n(C(c3ncccc3F)C3CCOCC3)c2c1. The van der Waals surface area contributed by atoms with Gasteiger partial charge in [-0.3, -0.25) is 19.9 Å². The minimum Gasteiger partial charge on any atom is -0.381 e. The molecule has 0 aliphatic carbocycles. The van der Waals surface area contributed by atoms with Gasteiger partial charge >= 0.3 is 0 Å². The van der Waals surface area contributed by atoms with Crippen molar-refractivity contribution in [1.29, 1.82) is 0 Å². The zero-order valence-electron chi connectivity index (χ0n) is 43.2. The van der Waals surface area contributed by atoms with Gasteiger partial charge in [-0.2, -0.15) is 0 Å². The predicted molar refractivity (Wildman–Crippen MR) is 282 cm³/mol. The normalized spacial score (nSPS) is 15.8. The third kappa shape index (κ3) is 9.16. The van der Waals surface area contributed by atoms with E-state index in [0.29, 0.717) is 97.0 Å². The number of nitrogens with zero attached hydrogens (tertiary/aromatic N) is 12. The number of benzene rings is 2. The first-order chi connectivity index (χ1) is 37.3. The number of hydrogen-bond donors (Lipinski definition) is 0. The van der Waals surface area contributed by atoms with E-state index in [1.807, 2.05) is 26.0 Å². The highest BCUT2D eigenvalue weighted by Crippen LogP contribution is 2.46. The molecule has 10 aromatic rings. The lowest BCUT2D eigenvalue weighted by atomic mass is 9.88. The summed E-state index contributed by atoms with van der Waals surface area (Å²) < 4.78 is 132. The molecular formula is C54H52F4N12O6S2. The van der Waals surface area contributed by atoms with E-state index in [2.05, 4.69) is 40.6 Å². The topological polar surface area (TPSA) is 210 Å². The van der Waals surface area contributed by atoms with Crippen molar-refractivity contribution >= 4 is 63.5 Å². The highest BCUT2D eigenvalue weighted by molar-refractivity contribution is 7.91. The van der Waals surface area contributed by atoms with Gasteiger partial charge in [-0.15, -0.1) is 10.2 Å². The average molecular weight is 1110 g/mol. The molecule has 0 spiro atoms. The number of fused-ring (bicyclic) bond motifs is 6. The monoisotopic (exact) mass is 1100 g/mol. The molecule has 18 nitrogen and oxygen atoms in total. The molecule has 0 amide bonds. The lowest BCUT2D eigenvalue weighted by molar-refractivity contribution is 0.0541. The predicted octanol–water partition coefficient (Wildman–Crippen LogP) is 8.77. The molecule has 404 valence electrons. The Kier molecular flexibility index (Phi) is 13.7. The summed E-state index contributed by atoms with van der Waals surface area (Å²) in [6.45, 7) is 5.48. The molecule has 2 fully saturated rings. The fourth-order valence-electron chi connectivity index (χ4n) is 11.5. The van der Waals surface area contributed by atoms with Crippen molar-refractivity contribution in [3.8, 4) is 22.5 Å². The van der Waals surface area contributed by atoms with Crippen molar-refractivity contribution in [3.05, 3.63) is 131 Å². The largest absolute Gasteiger partial charge is 0.381 e. The Hall–Kier alpha value is -7.54. The van der Waals surface area contributed by atoms with E-state index >= 15 is 17.6 Å². The molecule has 0 N–H and O–H groups in total. The molecule has 0 saturated carbocycles. The van der Waals surface area contributed by atoms with Crippen molar-refractivity contribution in [2.75, 3.05) is 38.9 Å². The molecule has 78 heavy (non-hydrogen) atoms. The van der Waals surface area contributed by atoms with Gasteiger partial charge in [0, 0.05) is 88.9 Å². The maximum absolute atomic E-state index is 15.6. The third-order valence-electron chi connectivity index (χ3n) is 14.8. The van der Waals surface area contributed by atoms with Crippen LogP contribution in [-0.4, -0.2) is 115 Å². The smallest absolute Gasteiger partial charge is 0.177 e. The summed E-state index contributed by atoms with van der Waals surface area (Å²) in [6, 6.07) is 12.6. The highest BCUT2D eigenvalue weighted by Gasteiger charge is 2.38. The van der Waals surface area contributed by atoms with Crippen LogP contribution in [0.2, 0.25) is 0 Å². The molecule has 2 aliphatic heterocycles. The number of halogens is 4. The average Bonchev–Trinajstić information content (AvgIpc) is 4.35. The van der Waals surface area contributed by atoms with Gasteiger partial charge in [-0.25, -0.2) is 43.8 Å². The van der Waals surface area contributed by atoms with Crippen LogP contribution in [0.3, 0.4) is 0 Å². The van der Waals surface area contributed by atoms with Gasteiger partial charge in [0.15, 0.2) is 19.7 Å². The summed E-state index contributed by atoms with van der Waals surface area (Å²) in [5.41, 5.74) is 6.10. The molecule has 2 atom stereocenters. The quantitative estimate of drug-likeness (QED) is 0.0926. The summed E-state index contributed by atoms with van der Waals surface area (Å²) in [7, 11) is -4.13. The van der Waals surface area contributed by atoms with Crippen LogP contribution in [-0.2, 0) is 43.2 Å². The fourth-order valence-corrected chi connectivity index (χ4v) is 13.2. The van der Waals surface area contributed by atoms with E-state index in [9.17, 15) is 16.8 Å². The molecule has 2 unspecified atom stereocenters. The molecule has 12 rings (SSSR count). The minimum atomic E-state index is -3.82. The summed E-state index contributed by atoms with van der Waals surface area (Å²) in [5.74, 6) is -2.63. The highest BCUT2D eigenvalue weighted by atomic mass is 32.2. The molecule has 2 aliphatic rings. The maximum Gasteiger partial charge on any atom is 0.177 e. The summed E-state index contributed by atoms with van der Waals surface area (Å²) in [4.78, 5) is 18.0. The first kappa shape index (κ1) is 52.5. The van der Waals surface area contributed by atoms with Crippen LogP contribution in [0.5, 0.6) is 0 Å². The van der Waals surface area contributed by atoms with Crippen molar-refractivity contribution < 1.29 is 43.9 Å². The molecule has 24 heteroatoms. The van der Waals surface area contributed by atoms with Gasteiger partial charge in [0.1, 0.15) is 23.3 Å². The number of rotatable bonds is 10. The van der Waals surface area contributed by atoms with Gasteiger partial charge in [0.25, 0.3) is 0 Å². The minimum absolute atomic E-state index is 0.0627. The van der Waals surface area contributed by atoms with E-state index < -0.39 is 55.0 Å². The molecule has 8 aromatic heterocycles. The van der Waals surface area contributed by atoms with E-state index in [4.69, 9.17) is 9.47 Å². The first-order valence-electron chi connectivity index (χ1n) is 25.1. The van der Waals surface area contributed by atoms with Gasteiger partial charge < -0.3 is 18.6 Å². The van der Waals surface area contributed by atoms with Crippen LogP contribution in [0.1, 0.15) is 60.5 Å². The Balaban J connectivity index is 0.000000165. The van der Waals surface area contributed by atoms with Crippen LogP contribution in [0, 0.1) is 49.0 Å². The lowest BCUT2D eigenvalue weighted by Gasteiger charge is -2.32. The molecule has 10 heterocycles. The zero-order chi connectivity index (χ0) is 54.9. The van der Waals surface area contributed by atoms with Gasteiger partial charge in [0.2, 0.25) is 0 Å². The van der Waals surface area contributed by atoms with Crippen LogP contribution in [0.25, 0.3) is 66.4 Å². The number of ether oxygens (including phenoxy) is 2. The third-order valence-corrected chi connectivity index (χ3v) is 17.1. The Labute approximate surface area is 444 Å². The van der Waals surface area contributed by atoms with E-state index in [1.165, 1.54) is 48.8 Å². The van der Waals surface area contributed by atoms with Crippen molar-refractivity contribution in [2.24, 2.45) is 25.9 Å². The zero-order valence-corrected chi connectivity index (χ0v) is 44.8. The Morgan fingerprint density at radius 3 is 1.27 bits per heavy atom. The summed E-state index contributed by atoms with van der Waals surface area (Å²) in [6.07, 6.45) is 10.7. The Morgan fingerprint density at radius 1 is 0.551 bits per heavy atom. The van der Waals surface area contributed by atoms with Crippen LogP contribution in [0.4, 0.5) is 17.6 Å². The van der Waals surface area contributed by atoms with Crippen LogP contribution in [0.15, 0.2) is 95.2 Å². The van der Waals surface area contributed by atoms with Crippen LogP contribution >= 0.6 is 0 Å². The number of hydrogen-bond acceptors (Lipinski definition) is 14. The van der Waals surface area contributed by atoms with Gasteiger partial charge in [-0.05, 0) is 112 Å². The maximum atomic E-state index is 15.6. The molecular weight excluding hydrogens is 1050 g/mol. The van der Waals surface area contributed by atoms with Gasteiger partial charge in [-0.1, -0.05) is 10.4 Å². The molecule has 0 bridgehead atoms. The number of aryl methyl sites for hydroxylation is 4. The van der Waals surface area contributed by atoms with Gasteiger partial charge in [0.05, 0.1) is 99.9 Å². The summed E-state index contributed by atoms with van der Waals surface area (Å²) >= 11 is 0. The molecule has 2 saturated heterocycles. The first-order valence-corrected chi connectivity index (χ1v) is 28.9. The Morgan fingerprint density at radius 2 is 0.936 bits per heavy atom.